The van der Waals surface area contributed by atoms with E-state index < -0.39 is 0 Å². The minimum atomic E-state index is 0.0254. The molecule has 1 aromatic heterocycles. The highest BCUT2D eigenvalue weighted by Gasteiger charge is 2.08. The van der Waals surface area contributed by atoms with Crippen LogP contribution in [0.4, 0.5) is 0 Å². The van der Waals surface area contributed by atoms with Crippen molar-refractivity contribution in [3.8, 4) is 0 Å². The van der Waals surface area contributed by atoms with E-state index in [0.717, 1.165) is 11.4 Å². The fourth-order valence-corrected chi connectivity index (χ4v) is 2.01. The van der Waals surface area contributed by atoms with Gasteiger partial charge in [-0.2, -0.15) is 0 Å². The topological polar surface area (TPSA) is 38.9 Å². The average Bonchev–Trinajstić information content (AvgIpc) is 2.72. The monoisotopic (exact) mass is 204 g/mol. The number of rotatable bonds is 3. The van der Waals surface area contributed by atoms with Crippen LogP contribution in [0.3, 0.4) is 0 Å². The predicted octanol–water partition coefficient (Wildman–Crippen LogP) is 2.39. The highest BCUT2D eigenvalue weighted by Crippen LogP contribution is 2.17. The maximum Gasteiger partial charge on any atom is 0.110 e. The van der Waals surface area contributed by atoms with E-state index >= 15 is 0 Å². The van der Waals surface area contributed by atoms with Crippen molar-refractivity contribution in [1.82, 2.24) is 4.98 Å². The number of hydrogen-bond acceptors (Lipinski definition) is 3. The van der Waals surface area contributed by atoms with Crippen LogP contribution in [0.5, 0.6) is 0 Å². The molecule has 1 aromatic carbocycles. The molecule has 2 nitrogen and oxygen atoms in total. The molecule has 2 rings (SSSR count). The normalized spacial score (nSPS) is 12.6. The molecular formula is C11H12N2S. The minimum Gasteiger partial charge on any atom is -0.322 e. The van der Waals surface area contributed by atoms with Crippen molar-refractivity contribution < 1.29 is 0 Å². The second-order valence-corrected chi connectivity index (χ2v) is 4.09. The molecule has 14 heavy (non-hydrogen) atoms. The van der Waals surface area contributed by atoms with E-state index in [-0.39, 0.29) is 6.04 Å². The Hall–Kier alpha value is -1.19. The summed E-state index contributed by atoms with van der Waals surface area (Å²) in [6, 6.07) is 10.3. The lowest BCUT2D eigenvalue weighted by atomic mass is 10.1. The van der Waals surface area contributed by atoms with Crippen LogP contribution in [0.15, 0.2) is 41.9 Å². The quantitative estimate of drug-likeness (QED) is 0.833. The second kappa shape index (κ2) is 4.35. The van der Waals surface area contributed by atoms with Gasteiger partial charge in [-0.05, 0) is 12.0 Å². The Balaban J connectivity index is 2.06. The first-order valence-electron chi connectivity index (χ1n) is 4.55. The minimum absolute atomic E-state index is 0.0254. The van der Waals surface area contributed by atoms with Crippen LogP contribution in [-0.2, 0) is 6.42 Å². The summed E-state index contributed by atoms with van der Waals surface area (Å²) in [5, 5.41) is 2.97. The van der Waals surface area contributed by atoms with Gasteiger partial charge in [0.1, 0.15) is 5.01 Å². The summed E-state index contributed by atoms with van der Waals surface area (Å²) in [5.74, 6) is 0. The molecular weight excluding hydrogens is 192 g/mol. The van der Waals surface area contributed by atoms with Gasteiger partial charge >= 0.3 is 0 Å². The Morgan fingerprint density at radius 1 is 1.29 bits per heavy atom. The van der Waals surface area contributed by atoms with E-state index in [1.54, 1.807) is 17.5 Å². The Morgan fingerprint density at radius 3 is 2.71 bits per heavy atom. The summed E-state index contributed by atoms with van der Waals surface area (Å²) in [6.07, 6.45) is 2.65. The third kappa shape index (κ3) is 2.19. The lowest BCUT2D eigenvalue weighted by molar-refractivity contribution is 0.715. The highest BCUT2D eigenvalue weighted by atomic mass is 32.1. The van der Waals surface area contributed by atoms with E-state index in [9.17, 15) is 0 Å². The van der Waals surface area contributed by atoms with E-state index in [1.165, 1.54) is 5.56 Å². The van der Waals surface area contributed by atoms with Gasteiger partial charge in [-0.1, -0.05) is 30.3 Å². The number of aromatic nitrogens is 1. The van der Waals surface area contributed by atoms with Crippen LogP contribution in [-0.4, -0.2) is 4.98 Å². The van der Waals surface area contributed by atoms with Crippen molar-refractivity contribution in [2.45, 2.75) is 12.5 Å². The van der Waals surface area contributed by atoms with Gasteiger partial charge < -0.3 is 5.73 Å². The Bertz CT molecular complexity index is 369. The molecule has 0 aliphatic rings. The molecule has 2 aromatic rings. The van der Waals surface area contributed by atoms with Crippen molar-refractivity contribution in [2.24, 2.45) is 5.73 Å². The molecule has 0 amide bonds. The molecule has 3 heteroatoms. The molecule has 0 saturated carbocycles. The third-order valence-electron chi connectivity index (χ3n) is 2.07. The number of hydrogen-bond donors (Lipinski definition) is 1. The molecule has 2 N–H and O–H groups in total. The second-order valence-electron chi connectivity index (χ2n) is 3.17. The molecule has 0 radical (unpaired) electrons. The van der Waals surface area contributed by atoms with Crippen LogP contribution < -0.4 is 5.73 Å². The average molecular weight is 204 g/mol. The van der Waals surface area contributed by atoms with Crippen molar-refractivity contribution in [3.63, 3.8) is 0 Å². The van der Waals surface area contributed by atoms with E-state index in [1.807, 2.05) is 23.6 Å². The third-order valence-corrected chi connectivity index (χ3v) is 2.97. The fraction of sp³-hybridized carbons (Fsp3) is 0.182. The predicted molar refractivity (Wildman–Crippen MR) is 59.2 cm³/mol. The maximum absolute atomic E-state index is 6.02. The number of benzene rings is 1. The summed E-state index contributed by atoms with van der Waals surface area (Å²) in [4.78, 5) is 4.21. The number of nitrogens with two attached hydrogens (primary N) is 1. The molecule has 0 unspecified atom stereocenters. The molecule has 0 saturated heterocycles. The van der Waals surface area contributed by atoms with Gasteiger partial charge in [0.15, 0.2) is 0 Å². The summed E-state index contributed by atoms with van der Waals surface area (Å²) >= 11 is 1.61. The Labute approximate surface area is 87.4 Å². The van der Waals surface area contributed by atoms with Crippen molar-refractivity contribution in [2.75, 3.05) is 0 Å². The van der Waals surface area contributed by atoms with Crippen LogP contribution in [0.1, 0.15) is 16.6 Å². The smallest absolute Gasteiger partial charge is 0.110 e. The van der Waals surface area contributed by atoms with E-state index in [4.69, 9.17) is 5.73 Å². The zero-order chi connectivity index (χ0) is 9.80. The number of nitrogens with zero attached hydrogens (tertiary/aromatic N) is 1. The van der Waals surface area contributed by atoms with Crippen LogP contribution >= 0.6 is 11.3 Å². The van der Waals surface area contributed by atoms with Crippen molar-refractivity contribution in [3.05, 3.63) is 52.5 Å². The van der Waals surface area contributed by atoms with Crippen LogP contribution in [0.2, 0.25) is 0 Å². The summed E-state index contributed by atoms with van der Waals surface area (Å²) < 4.78 is 0. The zero-order valence-electron chi connectivity index (χ0n) is 7.76. The molecule has 0 fully saturated rings. The first kappa shape index (κ1) is 9.37. The van der Waals surface area contributed by atoms with Crippen molar-refractivity contribution >= 4 is 11.3 Å². The van der Waals surface area contributed by atoms with Gasteiger partial charge in [0.2, 0.25) is 0 Å². The SMILES string of the molecule is N[C@H](Cc1ccccc1)c1nccs1. The van der Waals surface area contributed by atoms with E-state index in [2.05, 4.69) is 17.1 Å². The molecule has 1 heterocycles. The van der Waals surface area contributed by atoms with Gasteiger partial charge in [0.05, 0.1) is 6.04 Å². The zero-order valence-corrected chi connectivity index (χ0v) is 8.58. The standard InChI is InChI=1S/C11H12N2S/c12-10(11-13-6-7-14-11)8-9-4-2-1-3-5-9/h1-7,10H,8,12H2/t10-/m1/s1. The Morgan fingerprint density at radius 2 is 2.07 bits per heavy atom. The molecule has 0 aliphatic heterocycles. The van der Waals surface area contributed by atoms with Crippen LogP contribution in [0, 0.1) is 0 Å². The summed E-state index contributed by atoms with van der Waals surface area (Å²) in [7, 11) is 0. The molecule has 0 aliphatic carbocycles. The van der Waals surface area contributed by atoms with Gasteiger partial charge in [-0.3, -0.25) is 0 Å². The van der Waals surface area contributed by atoms with Gasteiger partial charge in [-0.25, -0.2) is 4.98 Å². The summed E-state index contributed by atoms with van der Waals surface area (Å²) in [6.45, 7) is 0. The van der Waals surface area contributed by atoms with Gasteiger partial charge in [0, 0.05) is 11.6 Å². The first-order chi connectivity index (χ1) is 6.86. The lowest BCUT2D eigenvalue weighted by Crippen LogP contribution is -2.12. The fourth-order valence-electron chi connectivity index (χ4n) is 1.37. The molecule has 0 spiro atoms. The molecule has 0 bridgehead atoms. The Kier molecular flexibility index (Phi) is 2.91. The number of thiazole rings is 1. The lowest BCUT2D eigenvalue weighted by Gasteiger charge is -2.07. The van der Waals surface area contributed by atoms with E-state index in [0.29, 0.717) is 0 Å². The maximum atomic E-state index is 6.02. The van der Waals surface area contributed by atoms with Crippen molar-refractivity contribution in [1.29, 1.82) is 0 Å². The molecule has 72 valence electrons. The largest absolute Gasteiger partial charge is 0.322 e. The summed E-state index contributed by atoms with van der Waals surface area (Å²) in [5.41, 5.74) is 7.28. The van der Waals surface area contributed by atoms with Gasteiger partial charge in [0.25, 0.3) is 0 Å². The van der Waals surface area contributed by atoms with Gasteiger partial charge in [-0.15, -0.1) is 11.3 Å². The highest BCUT2D eigenvalue weighted by molar-refractivity contribution is 7.09. The van der Waals surface area contributed by atoms with Crippen LogP contribution in [0.25, 0.3) is 0 Å². The first-order valence-corrected chi connectivity index (χ1v) is 5.43. The molecule has 1 atom stereocenters.